The molecule has 7 nitrogen and oxygen atoms in total. The van der Waals surface area contributed by atoms with Gasteiger partial charge in [0.1, 0.15) is 12.1 Å². The Hall–Kier alpha value is -1.40. The van der Waals surface area contributed by atoms with Crippen LogP contribution in [0.4, 0.5) is 4.79 Å². The zero-order valence-electron chi connectivity index (χ0n) is 23.5. The van der Waals surface area contributed by atoms with Crippen LogP contribution in [-0.4, -0.2) is 36.0 Å². The average molecular weight is 526 g/mol. The van der Waals surface area contributed by atoms with E-state index >= 15 is 0 Å². The monoisotopic (exact) mass is 525 g/mol. The highest BCUT2D eigenvalue weighted by Crippen LogP contribution is 2.56. The van der Waals surface area contributed by atoms with Gasteiger partial charge in [-0.1, -0.05) is 63.3 Å². The van der Waals surface area contributed by atoms with Gasteiger partial charge in [-0.15, -0.1) is 0 Å². The molecule has 1 aromatic carbocycles. The number of carbonyl (C=O) groups is 1. The number of benzene rings is 1. The van der Waals surface area contributed by atoms with Crippen LogP contribution in [0, 0.1) is 0 Å². The molecule has 1 unspecified atom stereocenters. The number of alkyl carbamates (subject to hydrolysis) is 1. The fourth-order valence-electron chi connectivity index (χ4n) is 4.09. The summed E-state index contributed by atoms with van der Waals surface area (Å²) in [6.07, 6.45) is 9.65. The van der Waals surface area contributed by atoms with Gasteiger partial charge in [0.15, 0.2) is 0 Å². The van der Waals surface area contributed by atoms with Crippen molar-refractivity contribution >= 4 is 13.9 Å². The summed E-state index contributed by atoms with van der Waals surface area (Å²) >= 11 is 0. The lowest BCUT2D eigenvalue weighted by molar-refractivity contribution is -0.00539. The number of phosphoric ester groups is 1. The molecule has 1 aromatic rings. The summed E-state index contributed by atoms with van der Waals surface area (Å²) < 4.78 is 36.0. The van der Waals surface area contributed by atoms with E-state index < -0.39 is 30.7 Å². The van der Waals surface area contributed by atoms with Crippen LogP contribution in [0.1, 0.15) is 105 Å². The van der Waals surface area contributed by atoms with Gasteiger partial charge in [0.2, 0.25) is 0 Å². The molecule has 0 aliphatic carbocycles. The molecular formula is C28H48NO6P. The highest BCUT2D eigenvalue weighted by molar-refractivity contribution is 7.48. The van der Waals surface area contributed by atoms with Crippen LogP contribution in [0.25, 0.3) is 0 Å². The van der Waals surface area contributed by atoms with Gasteiger partial charge < -0.3 is 10.1 Å². The third-order valence-corrected chi connectivity index (χ3v) is 7.84. The van der Waals surface area contributed by atoms with Crippen LogP contribution in [0.2, 0.25) is 0 Å². The molecule has 0 bridgehead atoms. The Labute approximate surface area is 218 Å². The van der Waals surface area contributed by atoms with E-state index in [1.54, 1.807) is 41.5 Å². The molecular weight excluding hydrogens is 477 g/mol. The van der Waals surface area contributed by atoms with E-state index in [-0.39, 0.29) is 13.2 Å². The van der Waals surface area contributed by atoms with E-state index in [2.05, 4.69) is 36.5 Å². The maximum atomic E-state index is 13.5. The molecule has 1 atom stereocenters. The Kier molecular flexibility index (Phi) is 11.5. The van der Waals surface area contributed by atoms with Crippen molar-refractivity contribution in [2.24, 2.45) is 0 Å². The van der Waals surface area contributed by atoms with E-state index in [0.29, 0.717) is 6.42 Å². The third kappa shape index (κ3) is 11.8. The van der Waals surface area contributed by atoms with Crippen molar-refractivity contribution < 1.29 is 27.7 Å². The maximum absolute atomic E-state index is 13.5. The number of nitrogens with one attached hydrogen (secondary N) is 1. The summed E-state index contributed by atoms with van der Waals surface area (Å²) in [6.45, 7) is 13.1. The summed E-state index contributed by atoms with van der Waals surface area (Å²) in [5.74, 6) is 0. The van der Waals surface area contributed by atoms with Crippen LogP contribution in [0.15, 0.2) is 24.3 Å². The van der Waals surface area contributed by atoms with E-state index in [1.165, 1.54) is 49.7 Å². The van der Waals surface area contributed by atoms with Crippen LogP contribution in [0.3, 0.4) is 0 Å². The fourth-order valence-corrected chi connectivity index (χ4v) is 5.98. The van der Waals surface area contributed by atoms with Gasteiger partial charge in [-0.25, -0.2) is 9.36 Å². The van der Waals surface area contributed by atoms with Gasteiger partial charge in [-0.2, -0.15) is 0 Å². The van der Waals surface area contributed by atoms with Crippen molar-refractivity contribution in [2.75, 3.05) is 13.2 Å². The van der Waals surface area contributed by atoms with E-state index in [4.69, 9.17) is 18.3 Å². The summed E-state index contributed by atoms with van der Waals surface area (Å²) in [7, 11) is -3.91. The smallest absolute Gasteiger partial charge is 0.447 e. The maximum Gasteiger partial charge on any atom is 0.475 e. The first kappa shape index (κ1) is 30.8. The second-order valence-electron chi connectivity index (χ2n) is 11.9. The number of ether oxygens (including phenoxy) is 1. The summed E-state index contributed by atoms with van der Waals surface area (Å²) in [5.41, 5.74) is 0.236. The predicted octanol–water partition coefficient (Wildman–Crippen LogP) is 7.76. The molecule has 2 rings (SSSR count). The quantitative estimate of drug-likeness (QED) is 0.186. The SMILES string of the molecule is CCCCCCCCc1ccc(CCC2(COP(=O)(OC(C)(C)C)OC(C)(C)C)COC(=O)N2)cc1. The minimum atomic E-state index is -3.91. The number of phosphoric acid groups is 1. The second-order valence-corrected chi connectivity index (χ2v) is 13.5. The lowest BCUT2D eigenvalue weighted by Gasteiger charge is -2.33. The Morgan fingerprint density at radius 3 is 1.92 bits per heavy atom. The van der Waals surface area contributed by atoms with Gasteiger partial charge in [0, 0.05) is 0 Å². The number of carbonyl (C=O) groups excluding carboxylic acids is 1. The first-order valence-corrected chi connectivity index (χ1v) is 14.9. The highest BCUT2D eigenvalue weighted by Gasteiger charge is 2.44. The predicted molar refractivity (Wildman–Crippen MR) is 144 cm³/mol. The van der Waals surface area contributed by atoms with Crippen molar-refractivity contribution in [3.8, 4) is 0 Å². The summed E-state index contributed by atoms with van der Waals surface area (Å²) in [4.78, 5) is 12.0. The molecule has 1 aliphatic heterocycles. The van der Waals surface area contributed by atoms with Crippen LogP contribution < -0.4 is 5.32 Å². The van der Waals surface area contributed by atoms with Gasteiger partial charge in [0.25, 0.3) is 0 Å². The molecule has 0 aromatic heterocycles. The van der Waals surface area contributed by atoms with Crippen molar-refractivity contribution in [3.05, 3.63) is 35.4 Å². The molecule has 1 N–H and O–H groups in total. The average Bonchev–Trinajstić information content (AvgIpc) is 3.13. The zero-order chi connectivity index (χ0) is 26.9. The molecule has 1 heterocycles. The molecule has 36 heavy (non-hydrogen) atoms. The second kappa shape index (κ2) is 13.4. The molecule has 1 fully saturated rings. The van der Waals surface area contributed by atoms with Gasteiger partial charge in [-0.05, 0) is 78.4 Å². The number of hydrogen-bond acceptors (Lipinski definition) is 6. The number of rotatable bonds is 15. The largest absolute Gasteiger partial charge is 0.475 e. The molecule has 0 saturated carbocycles. The van der Waals surface area contributed by atoms with Crippen molar-refractivity contribution in [2.45, 2.75) is 123 Å². The lowest BCUT2D eigenvalue weighted by Crippen LogP contribution is -2.48. The summed E-state index contributed by atoms with van der Waals surface area (Å²) in [6, 6.07) is 8.68. The van der Waals surface area contributed by atoms with Crippen LogP contribution >= 0.6 is 7.82 Å². The van der Waals surface area contributed by atoms with E-state index in [0.717, 1.165) is 12.8 Å². The minimum absolute atomic E-state index is 0.0434. The van der Waals surface area contributed by atoms with Crippen molar-refractivity contribution in [1.29, 1.82) is 0 Å². The van der Waals surface area contributed by atoms with Crippen molar-refractivity contribution in [1.82, 2.24) is 5.32 Å². The molecule has 0 radical (unpaired) electrons. The molecule has 1 aliphatic rings. The molecule has 1 saturated heterocycles. The topological polar surface area (TPSA) is 83.1 Å². The van der Waals surface area contributed by atoms with Crippen molar-refractivity contribution in [3.63, 3.8) is 0 Å². The molecule has 206 valence electrons. The zero-order valence-corrected chi connectivity index (χ0v) is 24.4. The number of hydrogen-bond donors (Lipinski definition) is 1. The Morgan fingerprint density at radius 1 is 0.889 bits per heavy atom. The lowest BCUT2D eigenvalue weighted by atomic mass is 9.93. The normalized spacial score (nSPS) is 18.8. The van der Waals surface area contributed by atoms with Crippen LogP contribution in [-0.2, 0) is 35.7 Å². The first-order chi connectivity index (χ1) is 16.7. The molecule has 1 amide bonds. The molecule has 8 heteroatoms. The van der Waals surface area contributed by atoms with Crippen LogP contribution in [0.5, 0.6) is 0 Å². The first-order valence-electron chi connectivity index (χ1n) is 13.4. The number of aryl methyl sites for hydroxylation is 2. The van der Waals surface area contributed by atoms with E-state index in [9.17, 15) is 9.36 Å². The molecule has 0 spiro atoms. The summed E-state index contributed by atoms with van der Waals surface area (Å²) in [5, 5.41) is 2.88. The van der Waals surface area contributed by atoms with E-state index in [1.807, 2.05) is 0 Å². The highest BCUT2D eigenvalue weighted by atomic mass is 31.2. The standard InChI is InChI=1S/C28H48NO6P/c1-8-9-10-11-12-13-14-23-15-17-24(18-16-23)19-20-28(21-32-25(30)29-28)22-33-36(31,34-26(2,3)4)35-27(5,6)7/h15-18H,8-14,19-22H2,1-7H3,(H,29,30). The van der Waals surface area contributed by atoms with Gasteiger partial charge in [0.05, 0.1) is 17.8 Å². The number of cyclic esters (lactones) is 1. The number of amides is 1. The Balaban J connectivity index is 1.97. The third-order valence-electron chi connectivity index (χ3n) is 5.85. The fraction of sp³-hybridized carbons (Fsp3) is 0.750. The van der Waals surface area contributed by atoms with Gasteiger partial charge in [-0.3, -0.25) is 13.6 Å². The Morgan fingerprint density at radius 2 is 1.42 bits per heavy atom. The van der Waals surface area contributed by atoms with Gasteiger partial charge >= 0.3 is 13.9 Å². The minimum Gasteiger partial charge on any atom is -0.447 e. The number of unbranched alkanes of at least 4 members (excludes halogenated alkanes) is 5. The Bertz CT molecular complexity index is 838.